The molecule has 8 heteroatoms. The number of rotatable bonds is 0. The number of carbonyl (C=O) groups is 2. The van der Waals surface area contributed by atoms with Crippen molar-refractivity contribution in [1.82, 2.24) is 0 Å². The molecule has 0 spiro atoms. The van der Waals surface area contributed by atoms with E-state index < -0.39 is 57.1 Å². The van der Waals surface area contributed by atoms with E-state index in [1.807, 2.05) is 0 Å². The summed E-state index contributed by atoms with van der Waals surface area (Å²) in [6.07, 6.45) is 0. The number of phenols is 3. The first-order chi connectivity index (χ1) is 8.29. The average molecular weight is 253 g/mol. The van der Waals surface area contributed by atoms with Gasteiger partial charge in [-0.2, -0.15) is 0 Å². The molecule has 0 heterocycles. The summed E-state index contributed by atoms with van der Waals surface area (Å²) in [4.78, 5) is 22.8. The van der Waals surface area contributed by atoms with Gasteiger partial charge in [-0.25, -0.2) is 0 Å². The molecule has 7 N–H and O–H groups in total. The first-order valence-electron chi connectivity index (χ1n) is 4.56. The highest BCUT2D eigenvalue weighted by molar-refractivity contribution is 6.52. The fourth-order valence-electron chi connectivity index (χ4n) is 1.63. The lowest BCUT2D eigenvalue weighted by Gasteiger charge is -2.18. The van der Waals surface area contributed by atoms with E-state index in [0.717, 1.165) is 0 Å². The number of aromatic hydroxyl groups is 3. The highest BCUT2D eigenvalue weighted by Crippen LogP contribution is 2.48. The molecule has 0 fully saturated rings. The lowest BCUT2D eigenvalue weighted by molar-refractivity contribution is -0.114. The van der Waals surface area contributed by atoms with Crippen molar-refractivity contribution in [1.29, 1.82) is 0 Å². The largest absolute Gasteiger partial charge is 0.505 e. The molecule has 18 heavy (non-hydrogen) atoms. The number of allylic oxidation sites excluding steroid dienone is 1. The molecule has 1 aromatic rings. The van der Waals surface area contributed by atoms with E-state index in [1.54, 1.807) is 0 Å². The van der Waals surface area contributed by atoms with Crippen LogP contribution in [0.4, 0.5) is 5.69 Å². The van der Waals surface area contributed by atoms with Crippen LogP contribution >= 0.6 is 0 Å². The van der Waals surface area contributed by atoms with Gasteiger partial charge >= 0.3 is 0 Å². The number of nitrogen functional groups attached to an aromatic ring is 1. The topological polar surface area (TPSA) is 161 Å². The van der Waals surface area contributed by atoms with E-state index in [2.05, 4.69) is 0 Å². The molecule has 0 unspecified atom stereocenters. The number of aliphatic hydroxyl groups excluding tert-OH is 2. The molecule has 94 valence electrons. The van der Waals surface area contributed by atoms with Crippen molar-refractivity contribution in [3.05, 3.63) is 16.9 Å². The molecule has 1 aliphatic rings. The fourth-order valence-corrected chi connectivity index (χ4v) is 1.63. The van der Waals surface area contributed by atoms with Gasteiger partial charge in [0.15, 0.2) is 23.0 Å². The normalized spacial score (nSPS) is 14.9. The van der Waals surface area contributed by atoms with Crippen LogP contribution in [-0.4, -0.2) is 37.1 Å². The molecule has 1 aliphatic carbocycles. The number of ketones is 2. The van der Waals surface area contributed by atoms with Gasteiger partial charge in [-0.15, -0.1) is 0 Å². The first-order valence-corrected chi connectivity index (χ1v) is 4.56. The standard InChI is InChI=1S/C10H7NO7/c11-3-4(12)1-2(5(13)8(3)16)7(15)10(18)9(17)6(1)14/h12-13,15-16,18H,11H2. The van der Waals surface area contributed by atoms with Gasteiger partial charge in [0.25, 0.3) is 5.78 Å². The summed E-state index contributed by atoms with van der Waals surface area (Å²) >= 11 is 0. The predicted molar refractivity (Wildman–Crippen MR) is 57.4 cm³/mol. The molecule has 0 saturated carbocycles. The van der Waals surface area contributed by atoms with Crippen molar-refractivity contribution < 1.29 is 35.1 Å². The van der Waals surface area contributed by atoms with Gasteiger partial charge in [-0.1, -0.05) is 0 Å². The Morgan fingerprint density at radius 3 is 1.78 bits per heavy atom. The van der Waals surface area contributed by atoms with Crippen molar-refractivity contribution in [2.45, 2.75) is 0 Å². The molecule has 0 radical (unpaired) electrons. The molecule has 0 atom stereocenters. The first kappa shape index (κ1) is 11.6. The van der Waals surface area contributed by atoms with Crippen molar-refractivity contribution >= 4 is 23.0 Å². The van der Waals surface area contributed by atoms with E-state index in [4.69, 9.17) is 5.73 Å². The summed E-state index contributed by atoms with van der Waals surface area (Å²) in [5.74, 6) is -8.20. The van der Waals surface area contributed by atoms with E-state index >= 15 is 0 Å². The molecule has 0 aromatic heterocycles. The highest BCUT2D eigenvalue weighted by atomic mass is 16.3. The van der Waals surface area contributed by atoms with Gasteiger partial charge in [0.05, 0.1) is 11.1 Å². The minimum absolute atomic E-state index is 0.721. The molecule has 0 aliphatic heterocycles. The second kappa shape index (κ2) is 3.29. The molecule has 0 bridgehead atoms. The maximum Gasteiger partial charge on any atom is 0.271 e. The molecule has 2 rings (SSSR count). The van der Waals surface area contributed by atoms with Crippen LogP contribution < -0.4 is 5.73 Å². The van der Waals surface area contributed by atoms with Crippen LogP contribution in [0.1, 0.15) is 15.9 Å². The zero-order valence-electron chi connectivity index (χ0n) is 8.63. The zero-order chi connectivity index (χ0) is 13.8. The van der Waals surface area contributed by atoms with Crippen LogP contribution in [0.3, 0.4) is 0 Å². The summed E-state index contributed by atoms with van der Waals surface area (Å²) in [7, 11) is 0. The van der Waals surface area contributed by atoms with Crippen LogP contribution in [0.5, 0.6) is 17.2 Å². The van der Waals surface area contributed by atoms with Gasteiger partial charge in [0.1, 0.15) is 5.69 Å². The Morgan fingerprint density at radius 1 is 0.667 bits per heavy atom. The molecule has 0 amide bonds. The summed E-state index contributed by atoms with van der Waals surface area (Å²) in [6.45, 7) is 0. The average Bonchev–Trinajstić information content (AvgIpc) is 2.35. The maximum absolute atomic E-state index is 11.5. The van der Waals surface area contributed by atoms with Crippen LogP contribution in [0.15, 0.2) is 5.76 Å². The fraction of sp³-hybridized carbons (Fsp3) is 0. The van der Waals surface area contributed by atoms with Crippen LogP contribution in [0.25, 0.3) is 5.76 Å². The smallest absolute Gasteiger partial charge is 0.271 e. The molecule has 8 nitrogen and oxygen atoms in total. The number of fused-ring (bicyclic) bond motifs is 1. The zero-order valence-corrected chi connectivity index (χ0v) is 8.63. The number of Topliss-reactive ketones (excluding diaryl/α,β-unsaturated/α-hetero) is 2. The van der Waals surface area contributed by atoms with E-state index in [0.29, 0.717) is 0 Å². The van der Waals surface area contributed by atoms with Crippen molar-refractivity contribution in [3.8, 4) is 17.2 Å². The lowest BCUT2D eigenvalue weighted by atomic mass is 9.90. The number of phenolic OH excluding ortho intramolecular Hbond substituents is 3. The Kier molecular flexibility index (Phi) is 2.12. The molecular formula is C10H7NO7. The van der Waals surface area contributed by atoms with Gasteiger partial charge < -0.3 is 31.3 Å². The Morgan fingerprint density at radius 2 is 1.22 bits per heavy atom. The van der Waals surface area contributed by atoms with E-state index in [-0.39, 0.29) is 0 Å². The van der Waals surface area contributed by atoms with Crippen molar-refractivity contribution in [3.63, 3.8) is 0 Å². The second-order valence-corrected chi connectivity index (χ2v) is 3.56. The Balaban J connectivity index is 3.01. The third-order valence-electron chi connectivity index (χ3n) is 2.57. The van der Waals surface area contributed by atoms with Crippen molar-refractivity contribution in [2.75, 3.05) is 5.73 Å². The summed E-state index contributed by atoms with van der Waals surface area (Å²) in [6, 6.07) is 0. The number of aliphatic hydroxyl groups is 2. The lowest BCUT2D eigenvalue weighted by Crippen LogP contribution is -2.24. The van der Waals surface area contributed by atoms with Crippen LogP contribution in [0.2, 0.25) is 0 Å². The third kappa shape index (κ3) is 1.14. The number of carbonyl (C=O) groups excluding carboxylic acids is 2. The monoisotopic (exact) mass is 253 g/mol. The number of hydrogen-bond donors (Lipinski definition) is 6. The summed E-state index contributed by atoms with van der Waals surface area (Å²) < 4.78 is 0. The molecular weight excluding hydrogens is 246 g/mol. The van der Waals surface area contributed by atoms with Gasteiger partial charge in [-0.3, -0.25) is 9.59 Å². The number of anilines is 1. The Hall–Kier alpha value is -2.90. The SMILES string of the molecule is Nc1c(O)c(O)c2c(c1O)C(=O)C(=O)C(O)=C2O. The van der Waals surface area contributed by atoms with E-state index in [9.17, 15) is 35.1 Å². The molecule has 0 saturated heterocycles. The van der Waals surface area contributed by atoms with Crippen LogP contribution in [-0.2, 0) is 4.79 Å². The predicted octanol–water partition coefficient (Wildman–Crippen LogP) is -0.0644. The number of nitrogens with two attached hydrogens (primary N) is 1. The number of hydrogen-bond acceptors (Lipinski definition) is 8. The minimum atomic E-state index is -1.46. The maximum atomic E-state index is 11.5. The minimum Gasteiger partial charge on any atom is -0.505 e. The van der Waals surface area contributed by atoms with E-state index in [1.165, 1.54) is 0 Å². The second-order valence-electron chi connectivity index (χ2n) is 3.56. The van der Waals surface area contributed by atoms with Gasteiger partial charge in [0, 0.05) is 0 Å². The summed E-state index contributed by atoms with van der Waals surface area (Å²) in [5.41, 5.74) is 2.97. The number of benzene rings is 1. The molecule has 1 aromatic carbocycles. The van der Waals surface area contributed by atoms with Gasteiger partial charge in [-0.05, 0) is 0 Å². The Bertz CT molecular complexity index is 644. The summed E-state index contributed by atoms with van der Waals surface area (Å²) in [5, 5.41) is 47.1. The third-order valence-corrected chi connectivity index (χ3v) is 2.57. The quantitative estimate of drug-likeness (QED) is 0.162. The highest BCUT2D eigenvalue weighted by Gasteiger charge is 2.39. The Labute approximate surface area is 98.8 Å². The van der Waals surface area contributed by atoms with Crippen molar-refractivity contribution in [2.24, 2.45) is 0 Å². The van der Waals surface area contributed by atoms with Crippen LogP contribution in [0, 0.1) is 0 Å². The van der Waals surface area contributed by atoms with Gasteiger partial charge in [0.2, 0.25) is 11.5 Å².